The summed E-state index contributed by atoms with van der Waals surface area (Å²) in [6.45, 7) is 5.97. The van der Waals surface area contributed by atoms with Crippen molar-refractivity contribution in [3.05, 3.63) is 71.0 Å². The summed E-state index contributed by atoms with van der Waals surface area (Å²) in [4.78, 5) is 35.1. The van der Waals surface area contributed by atoms with Crippen molar-refractivity contribution in [2.45, 2.75) is 64.3 Å². The predicted octanol–water partition coefficient (Wildman–Crippen LogP) is 4.09. The summed E-state index contributed by atoms with van der Waals surface area (Å²) in [7, 11) is -3.09. The number of nitrogens with zero attached hydrogens (tertiary/aromatic N) is 2. The zero-order valence-electron chi connectivity index (χ0n) is 23.4. The van der Waals surface area contributed by atoms with E-state index < -0.39 is 27.0 Å². The summed E-state index contributed by atoms with van der Waals surface area (Å²) < 4.78 is 39.3. The standard InChI is InChI=1S/C30H37FN4O4S/c1-30(2,3)29(37)35-27-26(34-25(18-32-27)20-10-13-22(14-11-20)40(4,38)39)21-12-15-23(24(31)16-21)28(36)33-17-19-8-6-5-7-9-19/h5-9,12,15-16,20,22,25H,10-11,13-14,17-18H2,1-4H3,(H,33,36)(H,32,35,37). The lowest BCUT2D eigenvalue weighted by Crippen LogP contribution is -2.46. The van der Waals surface area contributed by atoms with Gasteiger partial charge < -0.3 is 10.6 Å². The molecule has 1 atom stereocenters. The van der Waals surface area contributed by atoms with Crippen LogP contribution in [0.1, 0.15) is 67.9 Å². The summed E-state index contributed by atoms with van der Waals surface area (Å²) in [6.07, 6.45) is 3.83. The molecular formula is C30H37FN4O4S. The number of sulfone groups is 1. The Morgan fingerprint density at radius 2 is 1.70 bits per heavy atom. The van der Waals surface area contributed by atoms with Gasteiger partial charge in [-0.2, -0.15) is 0 Å². The molecule has 1 fully saturated rings. The van der Waals surface area contributed by atoms with E-state index in [1.54, 1.807) is 26.8 Å². The van der Waals surface area contributed by atoms with E-state index >= 15 is 4.39 Å². The highest BCUT2D eigenvalue weighted by molar-refractivity contribution is 7.91. The average molecular weight is 569 g/mol. The van der Waals surface area contributed by atoms with Crippen LogP contribution in [-0.2, 0) is 21.2 Å². The van der Waals surface area contributed by atoms with Crippen LogP contribution in [0.15, 0.2) is 58.5 Å². The third-order valence-corrected chi connectivity index (χ3v) is 9.20. The van der Waals surface area contributed by atoms with Gasteiger partial charge in [-0.15, -0.1) is 0 Å². The van der Waals surface area contributed by atoms with E-state index in [1.807, 2.05) is 30.3 Å². The maximum atomic E-state index is 15.3. The molecule has 40 heavy (non-hydrogen) atoms. The number of nitrogens with one attached hydrogen (secondary N) is 2. The van der Waals surface area contributed by atoms with Gasteiger partial charge in [0.15, 0.2) is 5.84 Å². The molecule has 4 rings (SSSR count). The fraction of sp³-hybridized carbons (Fsp3) is 0.467. The first-order valence-electron chi connectivity index (χ1n) is 13.6. The van der Waals surface area contributed by atoms with Crippen LogP contribution >= 0.6 is 0 Å². The highest BCUT2D eigenvalue weighted by Crippen LogP contribution is 2.33. The minimum absolute atomic E-state index is 0.0936. The summed E-state index contributed by atoms with van der Waals surface area (Å²) in [6, 6.07) is 13.4. The van der Waals surface area contributed by atoms with Crippen LogP contribution in [0.4, 0.5) is 4.39 Å². The molecule has 2 aromatic carbocycles. The van der Waals surface area contributed by atoms with E-state index in [4.69, 9.17) is 4.99 Å². The van der Waals surface area contributed by atoms with Crippen molar-refractivity contribution in [2.24, 2.45) is 21.3 Å². The molecule has 1 unspecified atom stereocenters. The molecule has 8 nitrogen and oxygen atoms in total. The Morgan fingerprint density at radius 1 is 1.02 bits per heavy atom. The molecule has 0 radical (unpaired) electrons. The molecule has 1 saturated carbocycles. The molecular weight excluding hydrogens is 531 g/mol. The smallest absolute Gasteiger partial charge is 0.254 e. The van der Waals surface area contributed by atoms with Crippen LogP contribution in [0.25, 0.3) is 0 Å². The van der Waals surface area contributed by atoms with Gasteiger partial charge in [0.2, 0.25) is 5.91 Å². The molecule has 2 N–H and O–H groups in total. The Balaban J connectivity index is 1.57. The van der Waals surface area contributed by atoms with E-state index in [9.17, 15) is 18.0 Å². The minimum atomic E-state index is -3.09. The highest BCUT2D eigenvalue weighted by Gasteiger charge is 2.34. The van der Waals surface area contributed by atoms with Crippen molar-refractivity contribution in [3.63, 3.8) is 0 Å². The highest BCUT2D eigenvalue weighted by atomic mass is 32.2. The van der Waals surface area contributed by atoms with Crippen molar-refractivity contribution in [1.82, 2.24) is 10.6 Å². The lowest BCUT2D eigenvalue weighted by atomic mass is 9.83. The van der Waals surface area contributed by atoms with E-state index in [0.717, 1.165) is 5.56 Å². The maximum Gasteiger partial charge on any atom is 0.254 e. The van der Waals surface area contributed by atoms with Crippen LogP contribution in [0.2, 0.25) is 0 Å². The number of halogens is 1. The van der Waals surface area contributed by atoms with Crippen molar-refractivity contribution in [2.75, 3.05) is 12.8 Å². The maximum absolute atomic E-state index is 15.3. The van der Waals surface area contributed by atoms with E-state index in [2.05, 4.69) is 15.6 Å². The first-order valence-corrected chi connectivity index (χ1v) is 15.5. The normalized spacial score (nSPS) is 21.7. The van der Waals surface area contributed by atoms with Gasteiger partial charge in [0.1, 0.15) is 21.4 Å². The van der Waals surface area contributed by atoms with Crippen molar-refractivity contribution < 1.29 is 22.4 Å². The largest absolute Gasteiger partial charge is 0.348 e. The summed E-state index contributed by atoms with van der Waals surface area (Å²) in [5.74, 6) is -1.09. The third kappa shape index (κ3) is 7.21. The summed E-state index contributed by atoms with van der Waals surface area (Å²) in [5, 5.41) is 5.25. The molecule has 1 heterocycles. The summed E-state index contributed by atoms with van der Waals surface area (Å²) >= 11 is 0. The Labute approximate surface area is 235 Å². The first-order chi connectivity index (χ1) is 18.8. The molecule has 2 amide bonds. The molecule has 214 valence electrons. The van der Waals surface area contributed by atoms with Gasteiger partial charge in [-0.3, -0.25) is 19.6 Å². The Hall–Kier alpha value is -3.40. The summed E-state index contributed by atoms with van der Waals surface area (Å²) in [5.41, 5.74) is 0.884. The average Bonchev–Trinajstić information content (AvgIpc) is 2.91. The van der Waals surface area contributed by atoms with Gasteiger partial charge in [-0.05, 0) is 49.3 Å². The number of benzene rings is 2. The van der Waals surface area contributed by atoms with Gasteiger partial charge in [0.05, 0.1) is 23.4 Å². The van der Waals surface area contributed by atoms with Gasteiger partial charge in [-0.1, -0.05) is 57.2 Å². The van der Waals surface area contributed by atoms with Crippen molar-refractivity contribution in [1.29, 1.82) is 0 Å². The first kappa shape index (κ1) is 29.6. The predicted molar refractivity (Wildman–Crippen MR) is 155 cm³/mol. The van der Waals surface area contributed by atoms with Crippen LogP contribution in [0.3, 0.4) is 0 Å². The van der Waals surface area contributed by atoms with Crippen molar-refractivity contribution >= 4 is 33.2 Å². The molecule has 0 bridgehead atoms. The fourth-order valence-electron chi connectivity index (χ4n) is 5.01. The molecule has 1 aliphatic carbocycles. The quantitative estimate of drug-likeness (QED) is 0.546. The topological polar surface area (TPSA) is 117 Å². The number of carbonyl (C=O) groups is 2. The van der Waals surface area contributed by atoms with E-state index in [1.165, 1.54) is 18.4 Å². The van der Waals surface area contributed by atoms with E-state index in [-0.39, 0.29) is 41.1 Å². The number of hydrogen-bond acceptors (Lipinski definition) is 6. The third-order valence-electron chi connectivity index (χ3n) is 7.52. The SMILES string of the molecule is CC(C)(C)C(=O)NC1=NCC(C2CCC(S(C)(=O)=O)CC2)N=C1c1ccc(C(=O)NCc2ccccc2)c(F)c1. The second-order valence-electron chi connectivity index (χ2n) is 11.7. The lowest BCUT2D eigenvalue weighted by Gasteiger charge is -2.33. The second-order valence-corrected chi connectivity index (χ2v) is 14.0. The van der Waals surface area contributed by atoms with Gasteiger partial charge in [0, 0.05) is 23.8 Å². The molecule has 1 aliphatic heterocycles. The molecule has 0 spiro atoms. The Bertz CT molecular complexity index is 1420. The van der Waals surface area contributed by atoms with Gasteiger partial charge in [-0.25, -0.2) is 12.8 Å². The van der Waals surface area contributed by atoms with Gasteiger partial charge in [0.25, 0.3) is 5.91 Å². The number of rotatable bonds is 6. The second kappa shape index (κ2) is 12.0. The molecule has 10 heteroatoms. The zero-order chi connectivity index (χ0) is 29.1. The monoisotopic (exact) mass is 568 g/mol. The van der Waals surface area contributed by atoms with Crippen LogP contribution in [0, 0.1) is 17.2 Å². The molecule has 0 saturated heterocycles. The Kier molecular flexibility index (Phi) is 8.87. The van der Waals surface area contributed by atoms with Crippen LogP contribution in [-0.4, -0.2) is 55.9 Å². The molecule has 2 aromatic rings. The number of amidine groups is 1. The fourth-order valence-corrected chi connectivity index (χ4v) is 6.14. The van der Waals surface area contributed by atoms with Crippen molar-refractivity contribution in [3.8, 4) is 0 Å². The van der Waals surface area contributed by atoms with Crippen LogP contribution < -0.4 is 10.6 Å². The number of aliphatic imine (C=N–C) groups is 2. The minimum Gasteiger partial charge on any atom is -0.348 e. The Morgan fingerprint density at radius 3 is 2.30 bits per heavy atom. The number of amides is 2. The molecule has 2 aliphatic rings. The lowest BCUT2D eigenvalue weighted by molar-refractivity contribution is -0.126. The number of carbonyl (C=O) groups excluding carboxylic acids is 2. The van der Waals surface area contributed by atoms with E-state index in [0.29, 0.717) is 43.5 Å². The van der Waals surface area contributed by atoms with Crippen LogP contribution in [0.5, 0.6) is 0 Å². The number of hydrogen-bond donors (Lipinski definition) is 2. The zero-order valence-corrected chi connectivity index (χ0v) is 24.2. The molecule has 0 aromatic heterocycles. The van der Waals surface area contributed by atoms with Gasteiger partial charge >= 0.3 is 0 Å².